The zero-order valence-corrected chi connectivity index (χ0v) is 17.4. The Bertz CT molecular complexity index is 1160. The van der Waals surface area contributed by atoms with E-state index in [0.29, 0.717) is 47.4 Å². The Morgan fingerprint density at radius 3 is 2.74 bits per heavy atom. The van der Waals surface area contributed by atoms with Crippen LogP contribution in [0, 0.1) is 0 Å². The van der Waals surface area contributed by atoms with Gasteiger partial charge in [0.2, 0.25) is 0 Å². The van der Waals surface area contributed by atoms with Crippen LogP contribution in [-0.2, 0) is 11.2 Å². The van der Waals surface area contributed by atoms with Gasteiger partial charge in [0.05, 0.1) is 11.2 Å². The number of aryl methyl sites for hydroxylation is 1. The van der Waals surface area contributed by atoms with Gasteiger partial charge in [-0.1, -0.05) is 41.9 Å². The minimum Gasteiger partial charge on any atom is -0.351 e. The second kappa shape index (κ2) is 8.79. The molecule has 3 amide bonds. The Morgan fingerprint density at radius 1 is 1.16 bits per heavy atom. The van der Waals surface area contributed by atoms with Crippen molar-refractivity contribution < 1.29 is 14.4 Å². The highest BCUT2D eigenvalue weighted by molar-refractivity contribution is 6.30. The Morgan fingerprint density at radius 2 is 1.97 bits per heavy atom. The molecule has 9 heteroatoms. The van der Waals surface area contributed by atoms with E-state index in [1.807, 2.05) is 18.2 Å². The fourth-order valence-electron chi connectivity index (χ4n) is 3.84. The van der Waals surface area contributed by atoms with Crippen molar-refractivity contribution in [1.29, 1.82) is 0 Å². The van der Waals surface area contributed by atoms with Crippen molar-refractivity contribution in [3.63, 3.8) is 0 Å². The van der Waals surface area contributed by atoms with E-state index < -0.39 is 18.1 Å². The summed E-state index contributed by atoms with van der Waals surface area (Å²) in [6, 6.07) is 12.8. The summed E-state index contributed by atoms with van der Waals surface area (Å²) in [6.07, 6.45) is 2.87. The second-order valence-electron chi connectivity index (χ2n) is 7.38. The van der Waals surface area contributed by atoms with Gasteiger partial charge in [-0.05, 0) is 36.6 Å². The highest BCUT2D eigenvalue weighted by Gasteiger charge is 2.34. The third-order valence-corrected chi connectivity index (χ3v) is 5.58. The molecule has 1 saturated heterocycles. The highest BCUT2D eigenvalue weighted by atomic mass is 35.5. The molecule has 31 heavy (non-hydrogen) atoms. The van der Waals surface area contributed by atoms with Crippen LogP contribution in [0.25, 0.3) is 10.9 Å². The number of hydrogen-bond donors (Lipinski definition) is 3. The number of carbonyl (C=O) groups is 3. The van der Waals surface area contributed by atoms with Crippen LogP contribution in [0.5, 0.6) is 0 Å². The third kappa shape index (κ3) is 4.40. The van der Waals surface area contributed by atoms with Crippen LogP contribution in [0.1, 0.15) is 18.4 Å². The number of carbonyl (C=O) groups excluding carboxylic acids is 3. The molecule has 1 atom stereocenters. The average molecular weight is 440 g/mol. The summed E-state index contributed by atoms with van der Waals surface area (Å²) in [4.78, 5) is 37.5. The number of halogens is 1. The van der Waals surface area contributed by atoms with Crippen molar-refractivity contribution in [1.82, 2.24) is 15.0 Å². The summed E-state index contributed by atoms with van der Waals surface area (Å²) in [5.74, 6) is -0.0281. The topological polar surface area (TPSA) is 109 Å². The lowest BCUT2D eigenvalue weighted by Crippen LogP contribution is -2.48. The maximum atomic E-state index is 12.9. The average Bonchev–Trinajstić information content (AvgIpc) is 3.38. The zero-order chi connectivity index (χ0) is 22.0. The largest absolute Gasteiger partial charge is 0.351 e. The standard InChI is InChI=1S/C22H22ClN5O3/c23-15-5-3-4-14(12-15)8-9-20(29)19-10-11-25-28(19)22(31)26-17-13-27(21(24)30)18-7-2-1-6-16(17)18/h1-7,12-13,19,25H,8-11H2,(H2,24,30)(H,26,31). The number of aromatic nitrogens is 1. The van der Waals surface area contributed by atoms with E-state index in [4.69, 9.17) is 17.3 Å². The Labute approximate surface area is 183 Å². The first-order valence-corrected chi connectivity index (χ1v) is 10.3. The SMILES string of the molecule is NC(=O)n1cc(NC(=O)N2NCCC2C(=O)CCc2cccc(Cl)c2)c2ccccc21. The molecule has 4 N–H and O–H groups in total. The molecule has 8 nitrogen and oxygen atoms in total. The molecule has 0 saturated carbocycles. The first-order chi connectivity index (χ1) is 14.9. The molecule has 2 heterocycles. The van der Waals surface area contributed by atoms with Crippen molar-refractivity contribution in [2.75, 3.05) is 11.9 Å². The lowest BCUT2D eigenvalue weighted by atomic mass is 10.0. The van der Waals surface area contributed by atoms with Crippen LogP contribution in [0.3, 0.4) is 0 Å². The summed E-state index contributed by atoms with van der Waals surface area (Å²) in [5, 5.41) is 5.43. The second-order valence-corrected chi connectivity index (χ2v) is 7.81. The number of hydrogen-bond acceptors (Lipinski definition) is 4. The molecule has 0 bridgehead atoms. The fraction of sp³-hybridized carbons (Fsp3) is 0.227. The number of anilines is 1. The molecule has 0 radical (unpaired) electrons. The molecule has 1 aliphatic heterocycles. The summed E-state index contributed by atoms with van der Waals surface area (Å²) < 4.78 is 1.27. The first kappa shape index (κ1) is 20.9. The van der Waals surface area contributed by atoms with Gasteiger partial charge in [-0.2, -0.15) is 0 Å². The van der Waals surface area contributed by atoms with E-state index in [9.17, 15) is 14.4 Å². The summed E-state index contributed by atoms with van der Waals surface area (Å²) in [5.41, 5.74) is 10.4. The number of benzene rings is 2. The van der Waals surface area contributed by atoms with Crippen LogP contribution in [0.4, 0.5) is 15.3 Å². The molecule has 3 aromatic rings. The monoisotopic (exact) mass is 439 g/mol. The number of para-hydroxylation sites is 1. The number of hydrazine groups is 1. The molecular weight excluding hydrogens is 418 g/mol. The molecule has 0 aliphatic carbocycles. The fourth-order valence-corrected chi connectivity index (χ4v) is 4.06. The molecule has 4 rings (SSSR count). The van der Waals surface area contributed by atoms with Crippen LogP contribution < -0.4 is 16.5 Å². The van der Waals surface area contributed by atoms with Gasteiger partial charge in [-0.25, -0.2) is 20.0 Å². The third-order valence-electron chi connectivity index (χ3n) is 5.34. The number of amides is 3. The van der Waals surface area contributed by atoms with Crippen molar-refractivity contribution in [2.24, 2.45) is 5.73 Å². The predicted molar refractivity (Wildman–Crippen MR) is 119 cm³/mol. The normalized spacial score (nSPS) is 15.9. The van der Waals surface area contributed by atoms with E-state index in [2.05, 4.69) is 10.7 Å². The van der Waals surface area contributed by atoms with Crippen LogP contribution in [0.2, 0.25) is 5.02 Å². The maximum absolute atomic E-state index is 12.9. The number of nitrogens with two attached hydrogens (primary N) is 1. The molecule has 160 valence electrons. The lowest BCUT2D eigenvalue weighted by Gasteiger charge is -2.23. The zero-order valence-electron chi connectivity index (χ0n) is 16.7. The minimum atomic E-state index is -0.648. The smallest absolute Gasteiger partial charge is 0.336 e. The minimum absolute atomic E-state index is 0.0281. The van der Waals surface area contributed by atoms with Gasteiger partial charge in [-0.3, -0.25) is 9.36 Å². The number of ketones is 1. The van der Waals surface area contributed by atoms with E-state index in [-0.39, 0.29) is 5.78 Å². The van der Waals surface area contributed by atoms with Crippen LogP contribution >= 0.6 is 11.6 Å². The number of fused-ring (bicyclic) bond motifs is 1. The van der Waals surface area contributed by atoms with Gasteiger partial charge < -0.3 is 11.1 Å². The molecule has 1 fully saturated rings. The van der Waals surface area contributed by atoms with Gasteiger partial charge in [0, 0.05) is 29.6 Å². The number of Topliss-reactive ketones (excluding diaryl/α,β-unsaturated/α-hetero) is 1. The summed E-state index contributed by atoms with van der Waals surface area (Å²) in [6.45, 7) is 0.518. The van der Waals surface area contributed by atoms with Gasteiger partial charge >= 0.3 is 12.1 Å². The molecule has 0 spiro atoms. The van der Waals surface area contributed by atoms with Gasteiger partial charge in [0.25, 0.3) is 0 Å². The van der Waals surface area contributed by atoms with Crippen molar-refractivity contribution in [2.45, 2.75) is 25.3 Å². The number of primary amides is 1. The summed E-state index contributed by atoms with van der Waals surface area (Å²) in [7, 11) is 0. The molecule has 1 unspecified atom stereocenters. The Hall–Kier alpha value is -3.36. The number of nitrogens with one attached hydrogen (secondary N) is 2. The number of rotatable bonds is 5. The van der Waals surface area contributed by atoms with Gasteiger partial charge in [0.1, 0.15) is 6.04 Å². The molecule has 1 aliphatic rings. The number of urea groups is 1. The molecule has 2 aromatic carbocycles. The molecular formula is C22H22ClN5O3. The maximum Gasteiger partial charge on any atom is 0.336 e. The predicted octanol–water partition coefficient (Wildman–Crippen LogP) is 3.53. The Kier molecular flexibility index (Phi) is 5.92. The van der Waals surface area contributed by atoms with E-state index in [1.165, 1.54) is 15.8 Å². The first-order valence-electron chi connectivity index (χ1n) is 9.95. The Balaban J connectivity index is 1.46. The van der Waals surface area contributed by atoms with Crippen molar-refractivity contribution in [3.05, 3.63) is 65.3 Å². The van der Waals surface area contributed by atoms with E-state index in [0.717, 1.165) is 5.56 Å². The highest BCUT2D eigenvalue weighted by Crippen LogP contribution is 2.26. The lowest BCUT2D eigenvalue weighted by molar-refractivity contribution is -0.122. The number of nitrogens with zero attached hydrogens (tertiary/aromatic N) is 2. The van der Waals surface area contributed by atoms with Crippen molar-refractivity contribution in [3.8, 4) is 0 Å². The van der Waals surface area contributed by atoms with Crippen LogP contribution in [-0.4, -0.2) is 40.0 Å². The van der Waals surface area contributed by atoms with E-state index >= 15 is 0 Å². The van der Waals surface area contributed by atoms with Crippen LogP contribution in [0.15, 0.2) is 54.7 Å². The van der Waals surface area contributed by atoms with Gasteiger partial charge in [-0.15, -0.1) is 0 Å². The molecule has 1 aromatic heterocycles. The quantitative estimate of drug-likeness (QED) is 0.564. The van der Waals surface area contributed by atoms with E-state index in [1.54, 1.807) is 30.3 Å². The van der Waals surface area contributed by atoms with Gasteiger partial charge in [0.15, 0.2) is 5.78 Å². The van der Waals surface area contributed by atoms with Crippen molar-refractivity contribution >= 4 is 46.0 Å². The summed E-state index contributed by atoms with van der Waals surface area (Å²) >= 11 is 6.01.